The lowest BCUT2D eigenvalue weighted by Gasteiger charge is -2.43. The van der Waals surface area contributed by atoms with E-state index in [1.165, 1.54) is 17.8 Å². The van der Waals surface area contributed by atoms with Gasteiger partial charge in [-0.3, -0.25) is 38.6 Å². The fourth-order valence-electron chi connectivity index (χ4n) is 8.82. The number of carbonyl (C=O) groups is 3. The maximum atomic E-state index is 13.2. The van der Waals surface area contributed by atoms with Crippen LogP contribution in [0.1, 0.15) is 57.2 Å². The Morgan fingerprint density at radius 3 is 2.61 bits per heavy atom. The van der Waals surface area contributed by atoms with Crippen molar-refractivity contribution in [3.05, 3.63) is 63.8 Å². The summed E-state index contributed by atoms with van der Waals surface area (Å²) < 4.78 is 8.99. The first-order chi connectivity index (χ1) is 29.4. The Hall–Kier alpha value is -5.85. The molecule has 19 heteroatoms. The topological polar surface area (TPSA) is 205 Å². The molecule has 2 atom stereocenters. The summed E-state index contributed by atoms with van der Waals surface area (Å²) in [5.41, 5.74) is 3.46. The summed E-state index contributed by atoms with van der Waals surface area (Å²) in [6.07, 6.45) is 5.93. The Balaban J connectivity index is 0.910. The third-order valence-electron chi connectivity index (χ3n) is 11.9. The second-order valence-electron chi connectivity index (χ2n) is 16.3. The van der Waals surface area contributed by atoms with Crippen molar-refractivity contribution < 1.29 is 24.2 Å². The van der Waals surface area contributed by atoms with Crippen molar-refractivity contribution in [2.75, 3.05) is 74.6 Å². The van der Waals surface area contributed by atoms with Gasteiger partial charge in [0, 0.05) is 76.6 Å². The highest BCUT2D eigenvalue weighted by Gasteiger charge is 2.34. The number of nitrogens with zero attached hydrogens (tertiary/aromatic N) is 9. The lowest BCUT2D eigenvalue weighted by Crippen LogP contribution is -2.56. The van der Waals surface area contributed by atoms with Crippen LogP contribution in [0, 0.1) is 5.92 Å². The highest BCUT2D eigenvalue weighted by Crippen LogP contribution is 2.36. The number of benzene rings is 1. The SMILES string of the molecule is CNC(=O)COc1cc2cc(Nc3nc(N4CCN(CC5CCN(c6cccc7c(C8CCC(=O)NC8=O)nn(C)c67)CC5)C[C@@H]4CO)ncc3Cl)cnc2n(C(C)C)c1=O. The van der Waals surface area contributed by atoms with E-state index in [0.717, 1.165) is 61.3 Å². The van der Waals surface area contributed by atoms with Gasteiger partial charge >= 0.3 is 0 Å². The Bertz CT molecular complexity index is 2540. The smallest absolute Gasteiger partial charge is 0.294 e. The number of fused-ring (bicyclic) bond motifs is 2. The number of halogens is 1. The highest BCUT2D eigenvalue weighted by atomic mass is 35.5. The number of para-hydroxylation sites is 1. The van der Waals surface area contributed by atoms with Gasteiger partial charge in [0.15, 0.2) is 18.2 Å². The van der Waals surface area contributed by atoms with Crippen LogP contribution in [0.4, 0.5) is 23.1 Å². The van der Waals surface area contributed by atoms with E-state index in [1.807, 2.05) is 48.7 Å². The third kappa shape index (κ3) is 8.56. The number of carbonyl (C=O) groups excluding carboxylic acids is 3. The van der Waals surface area contributed by atoms with Crippen molar-refractivity contribution in [1.82, 2.24) is 44.8 Å². The van der Waals surface area contributed by atoms with Crippen LogP contribution in [0.5, 0.6) is 5.75 Å². The van der Waals surface area contributed by atoms with E-state index in [1.54, 1.807) is 12.3 Å². The molecule has 0 saturated carbocycles. The van der Waals surface area contributed by atoms with E-state index in [0.29, 0.717) is 65.4 Å². The minimum absolute atomic E-state index is 0.0350. The van der Waals surface area contributed by atoms with Crippen LogP contribution in [0.3, 0.4) is 0 Å². The van der Waals surface area contributed by atoms with Crippen LogP contribution >= 0.6 is 11.6 Å². The number of hydrogen-bond donors (Lipinski definition) is 4. The Morgan fingerprint density at radius 2 is 1.87 bits per heavy atom. The summed E-state index contributed by atoms with van der Waals surface area (Å²) in [6.45, 7) is 8.11. The zero-order valence-corrected chi connectivity index (χ0v) is 35.5. The second-order valence-corrected chi connectivity index (χ2v) is 16.7. The van der Waals surface area contributed by atoms with E-state index < -0.39 is 5.92 Å². The van der Waals surface area contributed by atoms with Crippen molar-refractivity contribution in [2.45, 2.75) is 57.5 Å². The fourth-order valence-corrected chi connectivity index (χ4v) is 8.96. The lowest BCUT2D eigenvalue weighted by molar-refractivity contribution is -0.134. The minimum Gasteiger partial charge on any atom is -0.478 e. The number of piperazine rings is 1. The summed E-state index contributed by atoms with van der Waals surface area (Å²) in [7, 11) is 3.41. The second kappa shape index (κ2) is 17.6. The summed E-state index contributed by atoms with van der Waals surface area (Å²) in [6, 6.07) is 9.09. The number of amides is 3. The van der Waals surface area contributed by atoms with Gasteiger partial charge in [-0.25, -0.2) is 9.97 Å². The third-order valence-corrected chi connectivity index (χ3v) is 12.2. The summed E-state index contributed by atoms with van der Waals surface area (Å²) in [5, 5.41) is 25.5. The van der Waals surface area contributed by atoms with Gasteiger partial charge in [0.2, 0.25) is 17.8 Å². The molecule has 1 aromatic carbocycles. The van der Waals surface area contributed by atoms with Gasteiger partial charge in [0.1, 0.15) is 10.7 Å². The molecule has 5 aromatic rings. The number of aliphatic hydroxyl groups excluding tert-OH is 1. The molecule has 3 aliphatic heterocycles. The van der Waals surface area contributed by atoms with Crippen LogP contribution in [0.2, 0.25) is 5.02 Å². The molecule has 0 radical (unpaired) electrons. The molecule has 18 nitrogen and oxygen atoms in total. The molecule has 8 rings (SSSR count). The van der Waals surface area contributed by atoms with Crippen molar-refractivity contribution in [2.24, 2.45) is 13.0 Å². The first kappa shape index (κ1) is 41.9. The van der Waals surface area contributed by atoms with Crippen LogP contribution in [0.15, 0.2) is 47.5 Å². The molecule has 3 aliphatic rings. The number of aliphatic hydroxyl groups is 1. The van der Waals surface area contributed by atoms with E-state index in [-0.39, 0.29) is 54.3 Å². The Kier molecular flexibility index (Phi) is 12.1. The molecule has 0 bridgehead atoms. The van der Waals surface area contributed by atoms with E-state index in [2.05, 4.69) is 41.8 Å². The van der Waals surface area contributed by atoms with Crippen LogP contribution in [-0.2, 0) is 21.4 Å². The molecule has 3 fully saturated rings. The number of aryl methyl sites for hydroxylation is 1. The van der Waals surface area contributed by atoms with E-state index in [9.17, 15) is 24.3 Å². The quantitative estimate of drug-likeness (QED) is 0.133. The van der Waals surface area contributed by atoms with E-state index in [4.69, 9.17) is 26.4 Å². The normalized spacial score (nSPS) is 19.2. The summed E-state index contributed by atoms with van der Waals surface area (Å²) in [5.74, 6) is -0.00263. The summed E-state index contributed by atoms with van der Waals surface area (Å²) >= 11 is 6.61. The standard InChI is InChI=1S/C42H51ClN12O6/c1-24(2)55-39-26(17-33(41(55)60)61-23-35(58)44-3)16-27(18-45-39)47-38-31(43)19-46-42(49-38)54-15-14-52(21-28(54)22-56)20-25-10-12-53(13-11-25)32-7-5-6-29-36(50-51(4)37(29)32)30-8-9-34(57)48-40(30)59/h5-7,16-19,24-25,28,30,56H,8-15,20-23H2,1-4H3,(H,44,58)(H,46,47,49)(H,48,57,59)/t28-,30?/m1/s1. The monoisotopic (exact) mass is 854 g/mol. The van der Waals surface area contributed by atoms with Crippen molar-refractivity contribution in [1.29, 1.82) is 0 Å². The van der Waals surface area contributed by atoms with Gasteiger partial charge < -0.3 is 30.3 Å². The molecule has 0 aliphatic carbocycles. The summed E-state index contributed by atoms with van der Waals surface area (Å²) in [4.78, 5) is 70.4. The van der Waals surface area contributed by atoms with Crippen molar-refractivity contribution in [3.63, 3.8) is 0 Å². The van der Waals surface area contributed by atoms with Gasteiger partial charge in [-0.2, -0.15) is 10.1 Å². The van der Waals surface area contributed by atoms with Crippen LogP contribution in [0.25, 0.3) is 21.9 Å². The average Bonchev–Trinajstić information content (AvgIpc) is 3.59. The minimum atomic E-state index is -0.447. The van der Waals surface area contributed by atoms with Gasteiger partial charge in [0.25, 0.3) is 11.5 Å². The maximum absolute atomic E-state index is 13.2. The molecule has 322 valence electrons. The molecule has 4 aromatic heterocycles. The largest absolute Gasteiger partial charge is 0.478 e. The van der Waals surface area contributed by atoms with Gasteiger partial charge in [-0.1, -0.05) is 23.7 Å². The van der Waals surface area contributed by atoms with Crippen LogP contribution in [-0.4, -0.2) is 123 Å². The predicted octanol–water partition coefficient (Wildman–Crippen LogP) is 3.10. The molecule has 61 heavy (non-hydrogen) atoms. The molecule has 7 heterocycles. The maximum Gasteiger partial charge on any atom is 0.294 e. The molecule has 3 saturated heterocycles. The number of nitrogens with one attached hydrogen (secondary N) is 3. The molecule has 0 spiro atoms. The molecular weight excluding hydrogens is 804 g/mol. The first-order valence-electron chi connectivity index (χ1n) is 20.7. The van der Waals surface area contributed by atoms with Crippen molar-refractivity contribution >= 4 is 74.4 Å². The molecule has 3 amide bonds. The van der Waals surface area contributed by atoms with Crippen LogP contribution < -0.4 is 36.0 Å². The zero-order chi connectivity index (χ0) is 42.9. The molecule has 1 unspecified atom stereocenters. The molecule has 4 N–H and O–H groups in total. The predicted molar refractivity (Wildman–Crippen MR) is 232 cm³/mol. The molecular formula is C42H51ClN12O6. The number of aromatic nitrogens is 6. The number of anilines is 4. The number of piperidine rings is 2. The van der Waals surface area contributed by atoms with Crippen molar-refractivity contribution in [3.8, 4) is 5.75 Å². The average molecular weight is 855 g/mol. The van der Waals surface area contributed by atoms with Gasteiger partial charge in [-0.15, -0.1) is 0 Å². The van der Waals surface area contributed by atoms with Gasteiger partial charge in [-0.05, 0) is 57.2 Å². The zero-order valence-electron chi connectivity index (χ0n) is 34.7. The number of hydrogen-bond acceptors (Lipinski definition) is 14. The number of likely N-dealkylation sites (N-methyl/N-ethyl adjacent to an activating group) is 1. The highest BCUT2D eigenvalue weighted by molar-refractivity contribution is 6.33. The number of pyridine rings is 2. The Labute approximate surface area is 357 Å². The fraction of sp³-hybridized carbons (Fsp3) is 0.476. The number of rotatable bonds is 12. The lowest BCUT2D eigenvalue weighted by atomic mass is 9.92. The van der Waals surface area contributed by atoms with E-state index >= 15 is 0 Å². The number of imide groups is 1. The Morgan fingerprint density at radius 1 is 1.07 bits per heavy atom. The number of ether oxygens (including phenoxy) is 1. The first-order valence-corrected chi connectivity index (χ1v) is 21.1. The van der Waals surface area contributed by atoms with Gasteiger partial charge in [0.05, 0.1) is 53.5 Å².